The lowest BCUT2D eigenvalue weighted by molar-refractivity contribution is -0.129. The second-order valence-corrected chi connectivity index (χ2v) is 6.30. The largest absolute Gasteiger partial charge is 0.497 e. The number of benzene rings is 2. The summed E-state index contributed by atoms with van der Waals surface area (Å²) in [5.74, 6) is 0.795. The molecule has 0 heterocycles. The molecule has 2 rings (SSSR count). The van der Waals surface area contributed by atoms with Crippen molar-refractivity contribution in [1.29, 1.82) is 0 Å². The van der Waals surface area contributed by atoms with E-state index in [0.29, 0.717) is 28.8 Å². The average molecular weight is 391 g/mol. The number of carbonyl (C=O) groups is 2. The minimum Gasteiger partial charge on any atom is -0.497 e. The fourth-order valence-electron chi connectivity index (χ4n) is 2.53. The number of halogens is 1. The minimum atomic E-state index is -0.219. The monoisotopic (exact) mass is 390 g/mol. The van der Waals surface area contributed by atoms with E-state index in [2.05, 4.69) is 5.32 Å². The van der Waals surface area contributed by atoms with Crippen molar-refractivity contribution in [2.45, 2.75) is 19.9 Å². The van der Waals surface area contributed by atoms with Gasteiger partial charge in [0.1, 0.15) is 11.5 Å². The van der Waals surface area contributed by atoms with Crippen LogP contribution in [0.4, 0.5) is 5.69 Å². The van der Waals surface area contributed by atoms with Gasteiger partial charge in [0.2, 0.25) is 11.8 Å². The predicted molar refractivity (Wildman–Crippen MR) is 105 cm³/mol. The minimum absolute atomic E-state index is 0.121. The van der Waals surface area contributed by atoms with Gasteiger partial charge in [-0.15, -0.1) is 0 Å². The molecule has 0 unspecified atom stereocenters. The van der Waals surface area contributed by atoms with Gasteiger partial charge in [0, 0.05) is 37.5 Å². The Labute approximate surface area is 164 Å². The Bertz CT molecular complexity index is 810. The number of nitrogens with zero attached hydrogens (tertiary/aromatic N) is 1. The van der Waals surface area contributed by atoms with Crippen LogP contribution >= 0.6 is 11.6 Å². The second-order valence-electron chi connectivity index (χ2n) is 5.90. The summed E-state index contributed by atoms with van der Waals surface area (Å²) < 4.78 is 10.4. The summed E-state index contributed by atoms with van der Waals surface area (Å²) in [6, 6.07) is 12.5. The molecule has 2 amide bonds. The lowest BCUT2D eigenvalue weighted by atomic mass is 10.2. The van der Waals surface area contributed by atoms with E-state index < -0.39 is 0 Å². The molecule has 0 aliphatic rings. The number of amides is 2. The van der Waals surface area contributed by atoms with Crippen molar-refractivity contribution in [3.8, 4) is 11.5 Å². The Hall–Kier alpha value is -2.73. The molecule has 0 aliphatic heterocycles. The molecule has 2 aromatic rings. The van der Waals surface area contributed by atoms with Crippen molar-refractivity contribution < 1.29 is 19.1 Å². The maximum atomic E-state index is 12.3. The van der Waals surface area contributed by atoms with Crippen LogP contribution in [0.3, 0.4) is 0 Å². The summed E-state index contributed by atoms with van der Waals surface area (Å²) in [7, 11) is 3.08. The average Bonchev–Trinajstić information content (AvgIpc) is 2.66. The quantitative estimate of drug-likeness (QED) is 0.745. The molecule has 144 valence electrons. The van der Waals surface area contributed by atoms with Crippen molar-refractivity contribution in [2.75, 3.05) is 26.1 Å². The topological polar surface area (TPSA) is 67.9 Å². The first-order chi connectivity index (χ1) is 12.9. The lowest BCUT2D eigenvalue weighted by Crippen LogP contribution is -2.31. The van der Waals surface area contributed by atoms with E-state index in [9.17, 15) is 9.59 Å². The first-order valence-corrected chi connectivity index (χ1v) is 8.83. The van der Waals surface area contributed by atoms with Crippen molar-refractivity contribution in [2.24, 2.45) is 0 Å². The van der Waals surface area contributed by atoms with E-state index >= 15 is 0 Å². The number of methoxy groups -OCH3 is 2. The fourth-order valence-corrected chi connectivity index (χ4v) is 2.73. The molecule has 27 heavy (non-hydrogen) atoms. The lowest BCUT2D eigenvalue weighted by Gasteiger charge is -2.21. The van der Waals surface area contributed by atoms with Crippen LogP contribution in [0.2, 0.25) is 5.02 Å². The van der Waals surface area contributed by atoms with Gasteiger partial charge < -0.3 is 19.7 Å². The first kappa shape index (κ1) is 20.6. The van der Waals surface area contributed by atoms with Crippen LogP contribution in [0.15, 0.2) is 42.5 Å². The molecule has 6 nitrogen and oxygen atoms in total. The maximum absolute atomic E-state index is 12.3. The van der Waals surface area contributed by atoms with Crippen molar-refractivity contribution in [1.82, 2.24) is 4.90 Å². The Morgan fingerprint density at radius 1 is 1.11 bits per heavy atom. The molecular weight excluding hydrogens is 368 g/mol. The molecule has 0 saturated heterocycles. The van der Waals surface area contributed by atoms with Crippen molar-refractivity contribution in [3.63, 3.8) is 0 Å². The van der Waals surface area contributed by atoms with E-state index in [1.165, 1.54) is 14.0 Å². The summed E-state index contributed by atoms with van der Waals surface area (Å²) in [6.45, 7) is 2.11. The Morgan fingerprint density at radius 2 is 1.85 bits per heavy atom. The number of anilines is 1. The SMILES string of the molecule is COc1ccc(NC(=O)CCN(Cc2ccccc2Cl)C(C)=O)c(OC)c1. The summed E-state index contributed by atoms with van der Waals surface area (Å²) in [5, 5.41) is 3.39. The standard InChI is InChI=1S/C20H23ClN2O4/c1-14(24)23(13-15-6-4-5-7-17(15)21)11-10-20(25)22-18-9-8-16(26-2)12-19(18)27-3/h4-9,12H,10-11,13H2,1-3H3,(H,22,25). The van der Waals surface area contributed by atoms with E-state index in [0.717, 1.165) is 5.56 Å². The Morgan fingerprint density at radius 3 is 2.48 bits per heavy atom. The molecular formula is C20H23ClN2O4. The number of rotatable bonds is 8. The van der Waals surface area contributed by atoms with Crippen LogP contribution < -0.4 is 14.8 Å². The van der Waals surface area contributed by atoms with Crippen LogP contribution in [0.1, 0.15) is 18.9 Å². The number of carbonyl (C=O) groups excluding carboxylic acids is 2. The second kappa shape index (κ2) is 9.83. The Balaban J connectivity index is 1.98. The van der Waals surface area contributed by atoms with Crippen LogP contribution in [-0.4, -0.2) is 37.5 Å². The summed E-state index contributed by atoms with van der Waals surface area (Å²) in [5.41, 5.74) is 1.38. The number of hydrogen-bond donors (Lipinski definition) is 1. The summed E-state index contributed by atoms with van der Waals surface area (Å²) in [6.07, 6.45) is 0.152. The maximum Gasteiger partial charge on any atom is 0.226 e. The summed E-state index contributed by atoms with van der Waals surface area (Å²) >= 11 is 6.16. The van der Waals surface area contributed by atoms with Gasteiger partial charge in [-0.1, -0.05) is 29.8 Å². The van der Waals surface area contributed by atoms with Crippen molar-refractivity contribution >= 4 is 29.1 Å². The third-order valence-electron chi connectivity index (χ3n) is 4.06. The van der Waals surface area contributed by atoms with Gasteiger partial charge in [0.05, 0.1) is 19.9 Å². The smallest absolute Gasteiger partial charge is 0.226 e. The zero-order chi connectivity index (χ0) is 19.8. The zero-order valence-corrected chi connectivity index (χ0v) is 16.4. The molecule has 2 aromatic carbocycles. The molecule has 0 spiro atoms. The molecule has 0 fully saturated rings. The molecule has 1 N–H and O–H groups in total. The highest BCUT2D eigenvalue weighted by Crippen LogP contribution is 2.29. The van der Waals surface area contributed by atoms with E-state index in [1.54, 1.807) is 36.3 Å². The third kappa shape index (κ3) is 5.89. The van der Waals surface area contributed by atoms with Gasteiger partial charge in [0.25, 0.3) is 0 Å². The summed E-state index contributed by atoms with van der Waals surface area (Å²) in [4.78, 5) is 25.8. The Kier molecular flexibility index (Phi) is 7.49. The highest BCUT2D eigenvalue weighted by atomic mass is 35.5. The molecule has 0 atom stereocenters. The third-order valence-corrected chi connectivity index (χ3v) is 4.42. The van der Waals surface area contributed by atoms with E-state index in [4.69, 9.17) is 21.1 Å². The van der Waals surface area contributed by atoms with E-state index in [1.807, 2.05) is 18.2 Å². The number of hydrogen-bond acceptors (Lipinski definition) is 4. The molecule has 0 aromatic heterocycles. The molecule has 0 aliphatic carbocycles. The van der Waals surface area contributed by atoms with Crippen molar-refractivity contribution in [3.05, 3.63) is 53.1 Å². The number of nitrogens with one attached hydrogen (secondary N) is 1. The molecule has 7 heteroatoms. The van der Waals surface area contributed by atoms with Gasteiger partial charge in [-0.05, 0) is 23.8 Å². The molecule has 0 saturated carbocycles. The number of ether oxygens (including phenoxy) is 2. The zero-order valence-electron chi connectivity index (χ0n) is 15.6. The highest BCUT2D eigenvalue weighted by molar-refractivity contribution is 6.31. The van der Waals surface area contributed by atoms with Crippen LogP contribution in [0.25, 0.3) is 0 Å². The van der Waals surface area contributed by atoms with Crippen LogP contribution in [-0.2, 0) is 16.1 Å². The van der Waals surface area contributed by atoms with Gasteiger partial charge >= 0.3 is 0 Å². The normalized spacial score (nSPS) is 10.2. The first-order valence-electron chi connectivity index (χ1n) is 8.45. The van der Waals surface area contributed by atoms with E-state index in [-0.39, 0.29) is 24.8 Å². The van der Waals surface area contributed by atoms with Crippen LogP contribution in [0, 0.1) is 0 Å². The molecule has 0 bridgehead atoms. The fraction of sp³-hybridized carbons (Fsp3) is 0.300. The van der Waals surface area contributed by atoms with Gasteiger partial charge in [0.15, 0.2) is 0 Å². The predicted octanol–water partition coefficient (Wildman–Crippen LogP) is 3.73. The van der Waals surface area contributed by atoms with Crippen LogP contribution in [0.5, 0.6) is 11.5 Å². The molecule has 0 radical (unpaired) electrons. The van der Waals surface area contributed by atoms with Gasteiger partial charge in [-0.25, -0.2) is 0 Å². The highest BCUT2D eigenvalue weighted by Gasteiger charge is 2.14. The van der Waals surface area contributed by atoms with Gasteiger partial charge in [-0.3, -0.25) is 9.59 Å². The van der Waals surface area contributed by atoms with Gasteiger partial charge in [-0.2, -0.15) is 0 Å².